The Bertz CT molecular complexity index is 836. The molecule has 1 aromatic heterocycles. The molecular weight excluding hydrogens is 312 g/mol. The van der Waals surface area contributed by atoms with Gasteiger partial charge in [0, 0.05) is 7.05 Å². The standard InChI is InChI=1S/C17H18FN3O3/c1-17(2,3)24-16(23)14-12-8-20(4)15(22)13-10(18)6-5-7-11(13)21(12)9-19-14/h5-7,9H,8H2,1-4H3/i18-1. The van der Waals surface area contributed by atoms with Crippen molar-refractivity contribution in [3.8, 4) is 5.69 Å². The fourth-order valence-electron chi connectivity index (χ4n) is 2.64. The molecule has 1 aliphatic heterocycles. The lowest BCUT2D eigenvalue weighted by molar-refractivity contribution is 0.00608. The molecule has 1 aromatic carbocycles. The average Bonchev–Trinajstić information content (AvgIpc) is 2.83. The van der Waals surface area contributed by atoms with Gasteiger partial charge in [-0.3, -0.25) is 9.36 Å². The van der Waals surface area contributed by atoms with Crippen LogP contribution in [0.1, 0.15) is 47.3 Å². The van der Waals surface area contributed by atoms with Crippen LogP contribution in [-0.4, -0.2) is 39.0 Å². The molecule has 0 saturated carbocycles. The zero-order chi connectivity index (χ0) is 17.6. The van der Waals surface area contributed by atoms with Crippen LogP contribution in [-0.2, 0) is 11.3 Å². The van der Waals surface area contributed by atoms with Gasteiger partial charge in [0.2, 0.25) is 0 Å². The molecule has 0 atom stereocenters. The summed E-state index contributed by atoms with van der Waals surface area (Å²) < 4.78 is 21.1. The summed E-state index contributed by atoms with van der Waals surface area (Å²) in [6.45, 7) is 5.42. The first kappa shape index (κ1) is 16.2. The molecular formula is C17H18FN3O3. The molecule has 3 rings (SSSR count). The first-order valence-corrected chi connectivity index (χ1v) is 7.53. The van der Waals surface area contributed by atoms with Gasteiger partial charge in [-0.15, -0.1) is 0 Å². The van der Waals surface area contributed by atoms with E-state index in [1.165, 1.54) is 23.4 Å². The molecule has 0 aliphatic carbocycles. The number of nitrogens with zero attached hydrogens (tertiary/aromatic N) is 3. The number of rotatable bonds is 1. The van der Waals surface area contributed by atoms with Crippen LogP contribution < -0.4 is 0 Å². The van der Waals surface area contributed by atoms with E-state index < -0.39 is 23.3 Å². The molecule has 2 aromatic rings. The van der Waals surface area contributed by atoms with Gasteiger partial charge in [-0.1, -0.05) is 6.07 Å². The largest absolute Gasteiger partial charge is 0.455 e. The summed E-state index contributed by atoms with van der Waals surface area (Å²) in [5.41, 5.74) is 0.282. The monoisotopic (exact) mass is 330 g/mol. The number of hydrogen-bond donors (Lipinski definition) is 0. The number of carbonyl (C=O) groups is 2. The quantitative estimate of drug-likeness (QED) is 0.754. The third kappa shape index (κ3) is 2.66. The molecule has 6 nitrogen and oxygen atoms in total. The van der Waals surface area contributed by atoms with Crippen LogP contribution in [0, 0.1) is 5.82 Å². The Morgan fingerprint density at radius 3 is 2.71 bits per heavy atom. The predicted molar refractivity (Wildman–Crippen MR) is 84.5 cm³/mol. The number of benzene rings is 1. The Labute approximate surface area is 138 Å². The van der Waals surface area contributed by atoms with Crippen molar-refractivity contribution in [2.75, 3.05) is 7.05 Å². The predicted octanol–water partition coefficient (Wildman–Crippen LogP) is 2.55. The molecule has 0 saturated heterocycles. The van der Waals surface area contributed by atoms with Crippen LogP contribution in [0.15, 0.2) is 24.5 Å². The highest BCUT2D eigenvalue weighted by Crippen LogP contribution is 2.28. The minimum atomic E-state index is -0.663. The summed E-state index contributed by atoms with van der Waals surface area (Å²) in [5.74, 6) is -1.62. The number of hydrogen-bond acceptors (Lipinski definition) is 4. The lowest BCUT2D eigenvalue weighted by atomic mass is 10.1. The normalized spacial score (nSPS) is 14.0. The zero-order valence-corrected chi connectivity index (χ0v) is 14.0. The smallest absolute Gasteiger partial charge is 0.359 e. The minimum absolute atomic E-state index is 0.0353. The molecule has 1 aliphatic rings. The van der Waals surface area contributed by atoms with E-state index in [2.05, 4.69) is 4.98 Å². The van der Waals surface area contributed by atoms with Crippen molar-refractivity contribution in [1.82, 2.24) is 14.5 Å². The topological polar surface area (TPSA) is 64.4 Å². The third-order valence-electron chi connectivity index (χ3n) is 3.66. The summed E-state index contributed by atoms with van der Waals surface area (Å²) in [7, 11) is 1.56. The second kappa shape index (κ2) is 5.43. The van der Waals surface area contributed by atoms with Crippen LogP contribution in [0.4, 0.5) is 4.39 Å². The van der Waals surface area contributed by atoms with Gasteiger partial charge in [-0.25, -0.2) is 14.2 Å². The van der Waals surface area contributed by atoms with E-state index in [1.807, 2.05) is 0 Å². The molecule has 7 heteroatoms. The Balaban J connectivity index is 2.16. The first-order chi connectivity index (χ1) is 11.2. The second-order valence-corrected chi connectivity index (χ2v) is 6.71. The number of amides is 1. The number of esters is 1. The number of ether oxygens (including phenoxy) is 1. The number of imidazole rings is 1. The minimum Gasteiger partial charge on any atom is -0.455 e. The summed E-state index contributed by atoms with van der Waals surface area (Å²) in [6.07, 6.45) is 1.42. The summed E-state index contributed by atoms with van der Waals surface area (Å²) >= 11 is 0. The molecule has 0 N–H and O–H groups in total. The zero-order valence-electron chi connectivity index (χ0n) is 14.0. The Kier molecular flexibility index (Phi) is 3.66. The van der Waals surface area contributed by atoms with Gasteiger partial charge in [0.1, 0.15) is 17.7 Å². The maximum absolute atomic E-state index is 14.2. The molecule has 1 amide bonds. The fourth-order valence-corrected chi connectivity index (χ4v) is 2.64. The average molecular weight is 330 g/mol. The van der Waals surface area contributed by atoms with Gasteiger partial charge < -0.3 is 9.64 Å². The highest BCUT2D eigenvalue weighted by atomic mass is 18.2. The number of carbonyl (C=O) groups excluding carboxylic acids is 2. The molecule has 24 heavy (non-hydrogen) atoms. The molecule has 126 valence electrons. The highest BCUT2D eigenvalue weighted by Gasteiger charge is 2.31. The van der Waals surface area contributed by atoms with E-state index in [9.17, 15) is 14.0 Å². The van der Waals surface area contributed by atoms with E-state index in [0.717, 1.165) is 0 Å². The maximum atomic E-state index is 14.2. The van der Waals surface area contributed by atoms with Crippen LogP contribution in [0.5, 0.6) is 0 Å². The Morgan fingerprint density at radius 2 is 2.04 bits per heavy atom. The molecule has 0 bridgehead atoms. The number of halogens is 1. The van der Waals surface area contributed by atoms with Crippen LogP contribution in [0.2, 0.25) is 0 Å². The van der Waals surface area contributed by atoms with Gasteiger partial charge in [0.05, 0.1) is 23.5 Å². The lowest BCUT2D eigenvalue weighted by Gasteiger charge is -2.19. The van der Waals surface area contributed by atoms with E-state index in [-0.39, 0.29) is 17.8 Å². The van der Waals surface area contributed by atoms with Gasteiger partial charge >= 0.3 is 5.97 Å². The van der Waals surface area contributed by atoms with Crippen molar-refractivity contribution >= 4 is 11.9 Å². The maximum Gasteiger partial charge on any atom is 0.359 e. The Hall–Kier alpha value is -2.70. The second-order valence-electron chi connectivity index (χ2n) is 6.71. The Morgan fingerprint density at radius 1 is 1.33 bits per heavy atom. The summed E-state index contributed by atoms with van der Waals surface area (Å²) in [6, 6.07) is 4.38. The van der Waals surface area contributed by atoms with Gasteiger partial charge in [0.15, 0.2) is 5.69 Å². The fraction of sp³-hybridized carbons (Fsp3) is 0.353. The molecule has 0 unspecified atom stereocenters. The van der Waals surface area contributed by atoms with Crippen molar-refractivity contribution in [3.05, 3.63) is 47.3 Å². The van der Waals surface area contributed by atoms with E-state index in [0.29, 0.717) is 11.4 Å². The van der Waals surface area contributed by atoms with Crippen molar-refractivity contribution in [1.29, 1.82) is 0 Å². The molecule has 0 radical (unpaired) electrons. The molecule has 0 spiro atoms. The van der Waals surface area contributed by atoms with E-state index >= 15 is 0 Å². The third-order valence-corrected chi connectivity index (χ3v) is 3.66. The van der Waals surface area contributed by atoms with Crippen LogP contribution in [0.25, 0.3) is 5.69 Å². The summed E-state index contributed by atoms with van der Waals surface area (Å²) in [5, 5.41) is 0. The highest BCUT2D eigenvalue weighted by molar-refractivity contribution is 5.99. The lowest BCUT2D eigenvalue weighted by Crippen LogP contribution is -2.28. The van der Waals surface area contributed by atoms with Gasteiger partial charge in [-0.2, -0.15) is 0 Å². The molecule has 0 fully saturated rings. The van der Waals surface area contributed by atoms with Gasteiger partial charge in [-0.05, 0) is 32.9 Å². The van der Waals surface area contributed by atoms with Gasteiger partial charge in [0.25, 0.3) is 5.91 Å². The van der Waals surface area contributed by atoms with Crippen LogP contribution >= 0.6 is 0 Å². The van der Waals surface area contributed by atoms with Crippen LogP contribution in [0.3, 0.4) is 0 Å². The van der Waals surface area contributed by atoms with Crippen molar-refractivity contribution < 1.29 is 18.7 Å². The molecule has 2 heterocycles. The van der Waals surface area contributed by atoms with E-state index in [1.54, 1.807) is 38.5 Å². The van der Waals surface area contributed by atoms with E-state index in [4.69, 9.17) is 4.74 Å². The first-order valence-electron chi connectivity index (χ1n) is 7.53. The van der Waals surface area contributed by atoms with Crippen molar-refractivity contribution in [3.63, 3.8) is 0 Å². The number of fused-ring (bicyclic) bond motifs is 3. The number of aromatic nitrogens is 2. The van der Waals surface area contributed by atoms with Crippen molar-refractivity contribution in [2.45, 2.75) is 32.9 Å². The SMILES string of the molecule is CN1Cc2c(C(=O)OC(C)(C)C)ncn2-c2cccc([18F])c2C1=O. The summed E-state index contributed by atoms with van der Waals surface area (Å²) in [4.78, 5) is 30.4. The van der Waals surface area contributed by atoms with Crippen molar-refractivity contribution in [2.24, 2.45) is 0 Å².